The predicted molar refractivity (Wildman–Crippen MR) is 99.2 cm³/mol. The number of aliphatic hydroxyl groups excluding tert-OH is 1. The number of tetrazole rings is 1. The normalized spacial score (nSPS) is 23.0. The number of hydrogen-bond acceptors (Lipinski definition) is 5. The summed E-state index contributed by atoms with van der Waals surface area (Å²) in [6, 6.07) is 10.2. The van der Waals surface area contributed by atoms with Crippen LogP contribution in [0.15, 0.2) is 42.5 Å². The molecule has 2 aromatic rings. The fourth-order valence-corrected chi connectivity index (χ4v) is 3.63. The molecule has 2 N–H and O–H groups in total. The number of rotatable bonds is 10. The lowest BCUT2D eigenvalue weighted by Crippen LogP contribution is -2.22. The molecule has 0 saturated heterocycles. The minimum atomic E-state index is -0.203. The Kier molecular flexibility index (Phi) is 7.34. The average molecular weight is 356 g/mol. The van der Waals surface area contributed by atoms with E-state index in [0.29, 0.717) is 18.4 Å². The van der Waals surface area contributed by atoms with Crippen molar-refractivity contribution >= 4 is 0 Å². The Hall–Kier alpha value is -2.05. The van der Waals surface area contributed by atoms with Gasteiger partial charge in [-0.2, -0.15) is 0 Å². The van der Waals surface area contributed by atoms with Crippen LogP contribution in [0.5, 0.6) is 0 Å². The molecule has 140 valence electrons. The van der Waals surface area contributed by atoms with E-state index in [4.69, 9.17) is 4.74 Å². The minimum absolute atomic E-state index is 0.203. The summed E-state index contributed by atoms with van der Waals surface area (Å²) in [7, 11) is 0. The molecule has 3 rings (SSSR count). The van der Waals surface area contributed by atoms with Gasteiger partial charge >= 0.3 is 0 Å². The van der Waals surface area contributed by atoms with Gasteiger partial charge in [-0.3, -0.25) is 0 Å². The quantitative estimate of drug-likeness (QED) is 0.505. The first-order chi connectivity index (χ1) is 12.8. The highest BCUT2D eigenvalue weighted by Gasteiger charge is 2.33. The van der Waals surface area contributed by atoms with E-state index in [1.165, 1.54) is 5.56 Å². The van der Waals surface area contributed by atoms with Gasteiger partial charge in [-0.15, -0.1) is 5.10 Å². The minimum Gasteiger partial charge on any atom is -0.393 e. The number of unbranched alkanes of at least 4 members (excludes halogenated alkanes) is 1. The molecule has 0 bridgehead atoms. The zero-order chi connectivity index (χ0) is 18.0. The molecule has 3 atom stereocenters. The highest BCUT2D eigenvalue weighted by Crippen LogP contribution is 2.35. The molecule has 0 radical (unpaired) electrons. The van der Waals surface area contributed by atoms with Gasteiger partial charge in [-0.25, -0.2) is 5.10 Å². The van der Waals surface area contributed by atoms with Crippen molar-refractivity contribution in [3.8, 4) is 0 Å². The number of ether oxygens (including phenoxy) is 1. The summed E-state index contributed by atoms with van der Waals surface area (Å²) in [5.41, 5.74) is 1.20. The van der Waals surface area contributed by atoms with Crippen LogP contribution in [0.4, 0.5) is 0 Å². The van der Waals surface area contributed by atoms with Gasteiger partial charge in [0, 0.05) is 6.42 Å². The first-order valence-electron chi connectivity index (χ1n) is 9.50. The summed E-state index contributed by atoms with van der Waals surface area (Å²) in [5.74, 6) is 1.58. The van der Waals surface area contributed by atoms with Crippen molar-refractivity contribution in [1.82, 2.24) is 20.6 Å². The van der Waals surface area contributed by atoms with Crippen LogP contribution in [0.1, 0.15) is 43.5 Å². The zero-order valence-corrected chi connectivity index (χ0v) is 15.1. The molecule has 0 aliphatic heterocycles. The van der Waals surface area contributed by atoms with Crippen LogP contribution in [0, 0.1) is 11.8 Å². The number of nitrogens with one attached hydrogen (secondary N) is 1. The first kappa shape index (κ1) is 18.7. The molecule has 1 aliphatic carbocycles. The fraction of sp³-hybridized carbons (Fsp3) is 0.550. The highest BCUT2D eigenvalue weighted by atomic mass is 16.5. The summed E-state index contributed by atoms with van der Waals surface area (Å²) in [4.78, 5) is 0. The maximum absolute atomic E-state index is 10.3. The van der Waals surface area contributed by atoms with E-state index in [1.54, 1.807) is 0 Å². The molecule has 0 spiro atoms. The molecule has 1 aliphatic rings. The second-order valence-electron chi connectivity index (χ2n) is 7.02. The molecule has 0 amide bonds. The molecule has 6 nitrogen and oxygen atoms in total. The SMILES string of the molecule is O[C@H]1CC[C@H](COCc2ccccc2)[C@H]1C/C=C\CCCc1nnn[nH]1. The molecule has 1 fully saturated rings. The second kappa shape index (κ2) is 10.2. The highest BCUT2D eigenvalue weighted by molar-refractivity contribution is 5.13. The molecule has 6 heteroatoms. The van der Waals surface area contributed by atoms with Gasteiger partial charge in [0.2, 0.25) is 0 Å². The van der Waals surface area contributed by atoms with Crippen molar-refractivity contribution in [2.45, 2.75) is 51.2 Å². The van der Waals surface area contributed by atoms with Gasteiger partial charge in [0.25, 0.3) is 0 Å². The third-order valence-corrected chi connectivity index (χ3v) is 5.12. The zero-order valence-electron chi connectivity index (χ0n) is 15.1. The van der Waals surface area contributed by atoms with Crippen LogP contribution in [0.25, 0.3) is 0 Å². The van der Waals surface area contributed by atoms with Crippen molar-refractivity contribution in [1.29, 1.82) is 0 Å². The largest absolute Gasteiger partial charge is 0.393 e. The summed E-state index contributed by atoms with van der Waals surface area (Å²) < 4.78 is 5.91. The van der Waals surface area contributed by atoms with Gasteiger partial charge in [0.1, 0.15) is 5.82 Å². The lowest BCUT2D eigenvalue weighted by Gasteiger charge is -2.20. The monoisotopic (exact) mass is 356 g/mol. The van der Waals surface area contributed by atoms with Gasteiger partial charge in [-0.1, -0.05) is 42.5 Å². The van der Waals surface area contributed by atoms with Gasteiger partial charge in [0.05, 0.1) is 19.3 Å². The molecule has 1 saturated carbocycles. The first-order valence-corrected chi connectivity index (χ1v) is 9.50. The van der Waals surface area contributed by atoms with E-state index in [2.05, 4.69) is 44.9 Å². The average Bonchev–Trinajstić information content (AvgIpc) is 3.30. The Labute approximate surface area is 154 Å². The van der Waals surface area contributed by atoms with Crippen LogP contribution in [0.3, 0.4) is 0 Å². The van der Waals surface area contributed by atoms with E-state index in [1.807, 2.05) is 18.2 Å². The summed E-state index contributed by atoms with van der Waals surface area (Å²) >= 11 is 0. The maximum Gasteiger partial charge on any atom is 0.148 e. The third-order valence-electron chi connectivity index (χ3n) is 5.12. The van der Waals surface area contributed by atoms with Gasteiger partial charge < -0.3 is 9.84 Å². The second-order valence-corrected chi connectivity index (χ2v) is 7.02. The summed E-state index contributed by atoms with van der Waals surface area (Å²) in [6.07, 6.45) is 9.94. The maximum atomic E-state index is 10.3. The van der Waals surface area contributed by atoms with Crippen LogP contribution in [-0.2, 0) is 17.8 Å². The van der Waals surface area contributed by atoms with Crippen molar-refractivity contribution < 1.29 is 9.84 Å². The van der Waals surface area contributed by atoms with E-state index >= 15 is 0 Å². The van der Waals surface area contributed by atoms with Crippen molar-refractivity contribution in [2.24, 2.45) is 11.8 Å². The number of H-pyrrole nitrogens is 1. The van der Waals surface area contributed by atoms with E-state index in [9.17, 15) is 5.11 Å². The number of nitrogens with zero attached hydrogens (tertiary/aromatic N) is 3. The number of aromatic amines is 1. The van der Waals surface area contributed by atoms with Crippen molar-refractivity contribution in [2.75, 3.05) is 6.61 Å². The molecular weight excluding hydrogens is 328 g/mol. The fourth-order valence-electron chi connectivity index (χ4n) is 3.63. The molecule has 1 heterocycles. The van der Waals surface area contributed by atoms with E-state index in [-0.39, 0.29) is 6.10 Å². The number of aliphatic hydroxyl groups is 1. The van der Waals surface area contributed by atoms with Gasteiger partial charge in [0.15, 0.2) is 0 Å². The third kappa shape index (κ3) is 5.75. The number of aryl methyl sites for hydroxylation is 1. The molecule has 1 aromatic carbocycles. The predicted octanol–water partition coefficient (Wildman–Crippen LogP) is 3.07. The standard InChI is InChI=1S/C20H28N4O2/c25-19-13-12-17(15-26-14-16-8-4-3-5-9-16)18(19)10-6-1-2-7-11-20-21-23-24-22-20/h1,3-6,8-9,17-19,25H,2,7,10-15H2,(H,21,22,23,24)/b6-1-/t17-,18-,19+/m1/s1. The van der Waals surface area contributed by atoms with E-state index in [0.717, 1.165) is 51.0 Å². The van der Waals surface area contributed by atoms with Crippen molar-refractivity contribution in [3.63, 3.8) is 0 Å². The Morgan fingerprint density at radius 1 is 1.19 bits per heavy atom. The smallest absolute Gasteiger partial charge is 0.148 e. The molecular formula is C20H28N4O2. The molecule has 0 unspecified atom stereocenters. The Bertz CT molecular complexity index is 645. The molecule has 1 aromatic heterocycles. The summed E-state index contributed by atoms with van der Waals surface area (Å²) in [6.45, 7) is 1.37. The number of hydrogen-bond donors (Lipinski definition) is 2. The van der Waals surface area contributed by atoms with Gasteiger partial charge in [-0.05, 0) is 59.9 Å². The Morgan fingerprint density at radius 3 is 2.88 bits per heavy atom. The number of allylic oxidation sites excluding steroid dienone is 2. The van der Waals surface area contributed by atoms with Crippen LogP contribution < -0.4 is 0 Å². The Morgan fingerprint density at radius 2 is 2.08 bits per heavy atom. The lowest BCUT2D eigenvalue weighted by atomic mass is 9.92. The summed E-state index contributed by atoms with van der Waals surface area (Å²) in [5, 5.41) is 24.1. The number of aromatic nitrogens is 4. The van der Waals surface area contributed by atoms with Crippen LogP contribution in [-0.4, -0.2) is 38.4 Å². The number of benzene rings is 1. The topological polar surface area (TPSA) is 83.9 Å². The van der Waals surface area contributed by atoms with Crippen molar-refractivity contribution in [3.05, 3.63) is 53.9 Å². The lowest BCUT2D eigenvalue weighted by molar-refractivity contribution is 0.0518. The van der Waals surface area contributed by atoms with E-state index < -0.39 is 0 Å². The molecule has 26 heavy (non-hydrogen) atoms. The Balaban J connectivity index is 1.35. The van der Waals surface area contributed by atoms with Crippen LogP contribution in [0.2, 0.25) is 0 Å². The van der Waals surface area contributed by atoms with Crippen LogP contribution >= 0.6 is 0 Å².